The number of hydrogen-bond donors (Lipinski definition) is 1. The van der Waals surface area contributed by atoms with Crippen LogP contribution in [0.25, 0.3) is 0 Å². The van der Waals surface area contributed by atoms with Gasteiger partial charge in [0.15, 0.2) is 0 Å². The molecular weight excluding hydrogens is 250 g/mol. The molecule has 3 nitrogen and oxygen atoms in total. The molecule has 0 aromatic heterocycles. The summed E-state index contributed by atoms with van der Waals surface area (Å²) in [5.74, 6) is -0.331. The zero-order valence-corrected chi connectivity index (χ0v) is 13.3. The fraction of sp³-hybridized carbons (Fsp3) is 0.529. The van der Waals surface area contributed by atoms with Crippen molar-refractivity contribution in [1.29, 1.82) is 0 Å². The molecule has 1 unspecified atom stereocenters. The maximum absolute atomic E-state index is 11.5. The Kier molecular flexibility index (Phi) is 9.35. The summed E-state index contributed by atoms with van der Waals surface area (Å²) in [5, 5.41) is 2.38. The number of amides is 2. The maximum Gasteiger partial charge on any atom is 0.230 e. The fourth-order valence-electron chi connectivity index (χ4n) is 1.94. The van der Waals surface area contributed by atoms with Crippen LogP contribution >= 0.6 is 0 Å². The van der Waals surface area contributed by atoms with E-state index in [9.17, 15) is 9.59 Å². The average Bonchev–Trinajstić information content (AvgIpc) is 2.48. The third-order valence-corrected chi connectivity index (χ3v) is 2.96. The summed E-state index contributed by atoms with van der Waals surface area (Å²) in [5.41, 5.74) is 2.37. The molecule has 0 aliphatic carbocycles. The van der Waals surface area contributed by atoms with Crippen molar-refractivity contribution < 1.29 is 11.0 Å². The van der Waals surface area contributed by atoms with Gasteiger partial charge in [-0.1, -0.05) is 57.5 Å². The lowest BCUT2D eigenvalue weighted by Crippen LogP contribution is -2.41. The maximum atomic E-state index is 11.5. The fourth-order valence-corrected chi connectivity index (χ4v) is 1.94. The molecule has 1 fully saturated rings. The van der Waals surface area contributed by atoms with Crippen LogP contribution in [0.15, 0.2) is 24.3 Å². The zero-order chi connectivity index (χ0) is 15.5. The second-order valence-corrected chi connectivity index (χ2v) is 4.34. The molecule has 0 bridgehead atoms. The van der Waals surface area contributed by atoms with E-state index in [1.165, 1.54) is 5.56 Å². The molecule has 0 saturated carbocycles. The molecule has 20 heavy (non-hydrogen) atoms. The van der Waals surface area contributed by atoms with E-state index in [1.807, 2.05) is 58.9 Å². The standard InChI is InChI=1S/C13H15NO2.2C2H6.H2/c1-9-2-4-10(5-3-9)8-11-6-7-12(15)14-13(11)16;2*1-2;/h2-5,11H,6-8H2,1H3,(H,14,15,16);2*1-2H3;1H. The normalized spacial score (nSPS) is 17.1. The lowest BCUT2D eigenvalue weighted by molar-refractivity contribution is -0.136. The van der Waals surface area contributed by atoms with Gasteiger partial charge < -0.3 is 0 Å². The molecule has 1 saturated heterocycles. The van der Waals surface area contributed by atoms with Crippen LogP contribution in [0.2, 0.25) is 0 Å². The van der Waals surface area contributed by atoms with Gasteiger partial charge in [0.05, 0.1) is 0 Å². The third kappa shape index (κ3) is 6.00. The monoisotopic (exact) mass is 279 g/mol. The van der Waals surface area contributed by atoms with Crippen molar-refractivity contribution >= 4 is 11.8 Å². The Labute approximate surface area is 124 Å². The summed E-state index contributed by atoms with van der Waals surface area (Å²) < 4.78 is 0. The van der Waals surface area contributed by atoms with Gasteiger partial charge in [-0.05, 0) is 25.3 Å². The number of piperidine rings is 1. The highest BCUT2D eigenvalue weighted by Gasteiger charge is 2.26. The minimum Gasteiger partial charge on any atom is -0.296 e. The summed E-state index contributed by atoms with van der Waals surface area (Å²) in [6, 6.07) is 8.17. The van der Waals surface area contributed by atoms with Crippen LogP contribution in [-0.4, -0.2) is 11.8 Å². The van der Waals surface area contributed by atoms with Gasteiger partial charge in [-0.3, -0.25) is 14.9 Å². The number of carbonyl (C=O) groups excluding carboxylic acids is 2. The quantitative estimate of drug-likeness (QED) is 0.835. The van der Waals surface area contributed by atoms with Gasteiger partial charge in [-0.15, -0.1) is 0 Å². The predicted molar refractivity (Wildman–Crippen MR) is 85.6 cm³/mol. The van der Waals surface area contributed by atoms with Crippen LogP contribution < -0.4 is 5.32 Å². The van der Waals surface area contributed by atoms with Crippen molar-refractivity contribution in [3.8, 4) is 0 Å². The Morgan fingerprint density at radius 2 is 1.65 bits per heavy atom. The first-order chi connectivity index (χ1) is 9.65. The Bertz CT molecular complexity index is 415. The first-order valence-corrected chi connectivity index (χ1v) is 7.54. The van der Waals surface area contributed by atoms with Gasteiger partial charge >= 0.3 is 0 Å². The van der Waals surface area contributed by atoms with E-state index in [2.05, 4.69) is 5.32 Å². The van der Waals surface area contributed by atoms with Crippen LogP contribution in [0.3, 0.4) is 0 Å². The topological polar surface area (TPSA) is 46.2 Å². The smallest absolute Gasteiger partial charge is 0.230 e. The second-order valence-electron chi connectivity index (χ2n) is 4.34. The highest BCUT2D eigenvalue weighted by Crippen LogP contribution is 2.18. The summed E-state index contributed by atoms with van der Waals surface area (Å²) in [6.07, 6.45) is 1.85. The summed E-state index contributed by atoms with van der Waals surface area (Å²) in [6.45, 7) is 10.0. The third-order valence-electron chi connectivity index (χ3n) is 2.96. The molecule has 2 rings (SSSR count). The summed E-state index contributed by atoms with van der Waals surface area (Å²) >= 11 is 0. The van der Waals surface area contributed by atoms with Crippen molar-refractivity contribution in [2.45, 2.75) is 53.9 Å². The zero-order valence-electron chi connectivity index (χ0n) is 13.3. The van der Waals surface area contributed by atoms with E-state index < -0.39 is 0 Å². The molecule has 1 heterocycles. The van der Waals surface area contributed by atoms with E-state index >= 15 is 0 Å². The van der Waals surface area contributed by atoms with Gasteiger partial charge in [-0.25, -0.2) is 0 Å². The number of benzene rings is 1. The van der Waals surface area contributed by atoms with Crippen LogP contribution in [0, 0.1) is 12.8 Å². The lowest BCUT2D eigenvalue weighted by atomic mass is 9.91. The lowest BCUT2D eigenvalue weighted by Gasteiger charge is -2.20. The first kappa shape index (κ1) is 18.4. The van der Waals surface area contributed by atoms with Crippen molar-refractivity contribution in [3.05, 3.63) is 35.4 Å². The Morgan fingerprint density at radius 1 is 1.10 bits per heavy atom. The average molecular weight is 279 g/mol. The van der Waals surface area contributed by atoms with Gasteiger partial charge in [0.2, 0.25) is 11.8 Å². The van der Waals surface area contributed by atoms with E-state index in [0.717, 1.165) is 12.0 Å². The molecular formula is C17H29NO2. The van der Waals surface area contributed by atoms with Crippen molar-refractivity contribution in [2.24, 2.45) is 5.92 Å². The molecule has 2 amide bonds. The van der Waals surface area contributed by atoms with Crippen LogP contribution in [0.1, 0.15) is 53.1 Å². The molecule has 1 aliphatic rings. The van der Waals surface area contributed by atoms with E-state index in [4.69, 9.17) is 0 Å². The van der Waals surface area contributed by atoms with Crippen molar-refractivity contribution in [2.75, 3.05) is 0 Å². The van der Waals surface area contributed by atoms with Gasteiger partial charge in [0.1, 0.15) is 0 Å². The minimum atomic E-state index is -0.148. The number of aryl methyl sites for hydroxylation is 1. The van der Waals surface area contributed by atoms with E-state index in [0.29, 0.717) is 12.8 Å². The predicted octanol–water partition coefficient (Wildman–Crippen LogP) is 3.89. The molecule has 1 aromatic carbocycles. The molecule has 1 aromatic rings. The van der Waals surface area contributed by atoms with Crippen molar-refractivity contribution in [3.63, 3.8) is 0 Å². The SMILES string of the molecule is CC.CC.Cc1ccc(CC2CCC(=O)NC2=O)cc1.[HH]. The van der Waals surface area contributed by atoms with Crippen LogP contribution in [-0.2, 0) is 16.0 Å². The highest BCUT2D eigenvalue weighted by atomic mass is 16.2. The Hall–Kier alpha value is -1.64. The van der Waals surface area contributed by atoms with Gasteiger partial charge in [-0.2, -0.15) is 0 Å². The number of imide groups is 1. The molecule has 0 radical (unpaired) electrons. The number of rotatable bonds is 2. The summed E-state index contributed by atoms with van der Waals surface area (Å²) in [4.78, 5) is 22.5. The Balaban J connectivity index is 0. The number of hydrogen-bond acceptors (Lipinski definition) is 2. The molecule has 1 aliphatic heterocycles. The molecule has 1 atom stereocenters. The van der Waals surface area contributed by atoms with Crippen LogP contribution in [0.5, 0.6) is 0 Å². The molecule has 3 heteroatoms. The van der Waals surface area contributed by atoms with Crippen molar-refractivity contribution in [1.82, 2.24) is 5.32 Å². The molecule has 114 valence electrons. The van der Waals surface area contributed by atoms with E-state index in [-0.39, 0.29) is 19.2 Å². The van der Waals surface area contributed by atoms with Gasteiger partial charge in [0.25, 0.3) is 0 Å². The van der Waals surface area contributed by atoms with E-state index in [1.54, 1.807) is 0 Å². The minimum absolute atomic E-state index is 0. The highest BCUT2D eigenvalue weighted by molar-refractivity contribution is 5.98. The van der Waals surface area contributed by atoms with Gasteiger partial charge in [0, 0.05) is 13.8 Å². The molecule has 0 spiro atoms. The van der Waals surface area contributed by atoms with Crippen LogP contribution in [0.4, 0.5) is 0 Å². The molecule has 1 N–H and O–H groups in total. The first-order valence-electron chi connectivity index (χ1n) is 7.54. The largest absolute Gasteiger partial charge is 0.296 e. The summed E-state index contributed by atoms with van der Waals surface area (Å²) in [7, 11) is 0. The Morgan fingerprint density at radius 3 is 2.15 bits per heavy atom. The number of carbonyl (C=O) groups is 2. The second kappa shape index (κ2) is 10.2. The number of nitrogens with one attached hydrogen (secondary N) is 1.